The number of hydrogen-bond acceptors (Lipinski definition) is 0. The molecule has 0 atom stereocenters. The molecule has 0 radical (unpaired) electrons. The van der Waals surface area contributed by atoms with Crippen LogP contribution in [0.1, 0.15) is 74.6 Å². The molecule has 0 saturated carbocycles. The average Bonchev–Trinajstić information content (AvgIpc) is 3.14. The van der Waals surface area contributed by atoms with E-state index in [-0.39, 0.29) is 0 Å². The highest BCUT2D eigenvalue weighted by molar-refractivity contribution is 5.76. The fraction of sp³-hybridized carbons (Fsp3) is 0.385. The van der Waals surface area contributed by atoms with Crippen LogP contribution >= 0.6 is 0 Å². The van der Waals surface area contributed by atoms with Crippen molar-refractivity contribution in [2.24, 2.45) is 0 Å². The first-order valence-electron chi connectivity index (χ1n) is 10.3. The topological polar surface area (TPSA) is 0 Å². The van der Waals surface area contributed by atoms with Crippen LogP contribution in [0.2, 0.25) is 0 Å². The van der Waals surface area contributed by atoms with E-state index in [4.69, 9.17) is 0 Å². The van der Waals surface area contributed by atoms with Crippen LogP contribution in [0, 0.1) is 0 Å². The van der Waals surface area contributed by atoms with Crippen LogP contribution in [-0.2, 0) is 12.8 Å². The quantitative estimate of drug-likeness (QED) is 0.460. The Hall–Kier alpha value is -2.08. The summed E-state index contributed by atoms with van der Waals surface area (Å²) in [7, 11) is 0. The molecule has 0 heterocycles. The van der Waals surface area contributed by atoms with Gasteiger partial charge in [-0.3, -0.25) is 0 Å². The van der Waals surface area contributed by atoms with Gasteiger partial charge in [0.05, 0.1) is 0 Å². The van der Waals surface area contributed by atoms with Crippen LogP contribution in [0.15, 0.2) is 59.7 Å². The third-order valence-corrected chi connectivity index (χ3v) is 6.23. The summed E-state index contributed by atoms with van der Waals surface area (Å²) in [5, 5.41) is 0. The average molecular weight is 343 g/mol. The summed E-state index contributed by atoms with van der Waals surface area (Å²) in [5.74, 6) is 0. The first-order chi connectivity index (χ1) is 12.7. The minimum Gasteiger partial charge on any atom is -0.0651 e. The first kappa shape index (κ1) is 17.3. The van der Waals surface area contributed by atoms with Gasteiger partial charge in [0.15, 0.2) is 0 Å². The first-order valence-corrected chi connectivity index (χ1v) is 10.3. The molecule has 2 aliphatic carbocycles. The Bertz CT molecular complexity index is 790. The van der Waals surface area contributed by atoms with Crippen LogP contribution in [0.25, 0.3) is 11.1 Å². The Morgan fingerprint density at radius 3 is 1.46 bits per heavy atom. The van der Waals surface area contributed by atoms with Crippen molar-refractivity contribution in [3.05, 3.63) is 81.9 Å². The van der Waals surface area contributed by atoms with Crippen molar-refractivity contribution in [1.29, 1.82) is 0 Å². The van der Waals surface area contributed by atoms with Crippen molar-refractivity contribution in [2.45, 2.75) is 65.2 Å². The van der Waals surface area contributed by atoms with Gasteiger partial charge in [0.1, 0.15) is 0 Å². The summed E-state index contributed by atoms with van der Waals surface area (Å²) in [6.07, 6.45) is 10.2. The van der Waals surface area contributed by atoms with E-state index < -0.39 is 0 Å². The molecule has 2 aromatic carbocycles. The normalized spacial score (nSPS) is 15.6. The SMILES string of the molecule is CC1=C(CCCCCCC2=C(C)Cc3ccccc32)c2ccccc2C1. The summed E-state index contributed by atoms with van der Waals surface area (Å²) < 4.78 is 0. The van der Waals surface area contributed by atoms with Crippen molar-refractivity contribution < 1.29 is 0 Å². The Labute approximate surface area is 158 Å². The molecule has 0 aliphatic heterocycles. The fourth-order valence-electron chi connectivity index (χ4n) is 4.84. The molecule has 0 amide bonds. The van der Waals surface area contributed by atoms with Crippen LogP contribution in [-0.4, -0.2) is 0 Å². The molecule has 0 saturated heterocycles. The van der Waals surface area contributed by atoms with Gasteiger partial charge >= 0.3 is 0 Å². The van der Waals surface area contributed by atoms with Gasteiger partial charge in [0.25, 0.3) is 0 Å². The third-order valence-electron chi connectivity index (χ3n) is 6.23. The van der Waals surface area contributed by atoms with Crippen molar-refractivity contribution in [1.82, 2.24) is 0 Å². The molecule has 2 aromatic rings. The zero-order chi connectivity index (χ0) is 17.9. The lowest BCUT2D eigenvalue weighted by Crippen LogP contribution is -1.88. The van der Waals surface area contributed by atoms with Crippen molar-refractivity contribution in [3.8, 4) is 0 Å². The number of fused-ring (bicyclic) bond motifs is 2. The van der Waals surface area contributed by atoms with Gasteiger partial charge in [-0.25, -0.2) is 0 Å². The van der Waals surface area contributed by atoms with Gasteiger partial charge in [-0.1, -0.05) is 72.5 Å². The largest absolute Gasteiger partial charge is 0.0651 e. The second kappa shape index (κ2) is 7.66. The van der Waals surface area contributed by atoms with E-state index in [9.17, 15) is 0 Å². The van der Waals surface area contributed by atoms with Crippen LogP contribution < -0.4 is 0 Å². The van der Waals surface area contributed by atoms with E-state index in [0.29, 0.717) is 0 Å². The van der Waals surface area contributed by atoms with Crippen molar-refractivity contribution in [3.63, 3.8) is 0 Å². The number of hydrogen-bond donors (Lipinski definition) is 0. The molecule has 0 spiro atoms. The minimum absolute atomic E-state index is 1.17. The second-order valence-electron chi connectivity index (χ2n) is 8.10. The molecule has 0 nitrogen and oxygen atoms in total. The summed E-state index contributed by atoms with van der Waals surface area (Å²) >= 11 is 0. The van der Waals surface area contributed by atoms with Crippen molar-refractivity contribution in [2.75, 3.05) is 0 Å². The second-order valence-corrected chi connectivity index (χ2v) is 8.10. The maximum Gasteiger partial charge on any atom is -0.00578 e. The highest BCUT2D eigenvalue weighted by atomic mass is 14.2. The van der Waals surface area contributed by atoms with Crippen LogP contribution in [0.4, 0.5) is 0 Å². The van der Waals surface area contributed by atoms with E-state index in [1.165, 1.54) is 73.6 Å². The highest BCUT2D eigenvalue weighted by Crippen LogP contribution is 2.37. The molecule has 0 unspecified atom stereocenters. The van der Waals surface area contributed by atoms with E-state index in [0.717, 1.165) is 0 Å². The molecule has 0 heteroatoms. The van der Waals surface area contributed by atoms with Crippen LogP contribution in [0.5, 0.6) is 0 Å². The third kappa shape index (κ3) is 3.43. The lowest BCUT2D eigenvalue weighted by Gasteiger charge is -2.09. The molecule has 0 aromatic heterocycles. The Morgan fingerprint density at radius 2 is 1.00 bits per heavy atom. The van der Waals surface area contributed by atoms with E-state index in [2.05, 4.69) is 62.4 Å². The number of rotatable bonds is 7. The van der Waals surface area contributed by atoms with Gasteiger partial charge in [-0.15, -0.1) is 0 Å². The molecule has 0 N–H and O–H groups in total. The van der Waals surface area contributed by atoms with E-state index in [1.807, 2.05) is 0 Å². The summed E-state index contributed by atoms with van der Waals surface area (Å²) in [6, 6.07) is 17.9. The molecule has 26 heavy (non-hydrogen) atoms. The predicted octanol–water partition coefficient (Wildman–Crippen LogP) is 7.39. The molecule has 4 rings (SSSR count). The maximum atomic E-state index is 2.32. The lowest BCUT2D eigenvalue weighted by molar-refractivity contribution is 0.658. The maximum absolute atomic E-state index is 2.32. The molecular formula is C26H30. The summed E-state index contributed by atoms with van der Waals surface area (Å²) in [4.78, 5) is 0. The molecule has 134 valence electrons. The number of unbranched alkanes of at least 4 members (excludes halogenated alkanes) is 3. The molecule has 2 aliphatic rings. The number of allylic oxidation sites excluding steroid dienone is 4. The molecule has 0 fully saturated rings. The van der Waals surface area contributed by atoms with Crippen LogP contribution in [0.3, 0.4) is 0 Å². The zero-order valence-electron chi connectivity index (χ0n) is 16.3. The van der Waals surface area contributed by atoms with Gasteiger partial charge in [-0.2, -0.15) is 0 Å². The summed E-state index contributed by atoms with van der Waals surface area (Å²) in [6.45, 7) is 4.64. The zero-order valence-corrected chi connectivity index (χ0v) is 16.3. The summed E-state index contributed by atoms with van der Waals surface area (Å²) in [5.41, 5.74) is 12.5. The molecular weight excluding hydrogens is 312 g/mol. The van der Waals surface area contributed by atoms with Crippen molar-refractivity contribution >= 4 is 11.1 Å². The fourth-order valence-corrected chi connectivity index (χ4v) is 4.84. The highest BCUT2D eigenvalue weighted by Gasteiger charge is 2.18. The van der Waals surface area contributed by atoms with Gasteiger partial charge in [0, 0.05) is 0 Å². The Morgan fingerprint density at radius 1 is 0.577 bits per heavy atom. The lowest BCUT2D eigenvalue weighted by atomic mass is 9.97. The standard InChI is InChI=1S/C26H30/c1-19-17-21-11-7-9-15-25(21)23(19)13-5-3-4-6-14-24-20(2)18-22-12-8-10-16-26(22)24/h7-12,15-16H,3-6,13-14,17-18H2,1-2H3. The Balaban J connectivity index is 1.24. The predicted molar refractivity (Wildman–Crippen MR) is 113 cm³/mol. The minimum atomic E-state index is 1.17. The number of benzene rings is 2. The monoisotopic (exact) mass is 342 g/mol. The molecule has 0 bridgehead atoms. The van der Waals surface area contributed by atoms with Gasteiger partial charge < -0.3 is 0 Å². The van der Waals surface area contributed by atoms with Gasteiger partial charge in [0.2, 0.25) is 0 Å². The van der Waals surface area contributed by atoms with Gasteiger partial charge in [-0.05, 0) is 85.8 Å². The van der Waals surface area contributed by atoms with E-state index in [1.54, 1.807) is 22.3 Å². The van der Waals surface area contributed by atoms with E-state index >= 15 is 0 Å². The Kier molecular flexibility index (Phi) is 5.11. The smallest absolute Gasteiger partial charge is 0.00578 e.